The highest BCUT2D eigenvalue weighted by atomic mass is 35.5. The average molecular weight is 345 g/mol. The quantitative estimate of drug-likeness (QED) is 0.890. The normalized spacial score (nSPS) is 22.2. The van der Waals surface area contributed by atoms with E-state index in [1.165, 1.54) is 12.8 Å². The van der Waals surface area contributed by atoms with Gasteiger partial charge in [-0.05, 0) is 39.3 Å². The fourth-order valence-electron chi connectivity index (χ4n) is 3.02. The van der Waals surface area contributed by atoms with Crippen LogP contribution in [0.1, 0.15) is 38.3 Å². The molecule has 0 aromatic carbocycles. The van der Waals surface area contributed by atoms with Gasteiger partial charge in [0.25, 0.3) is 0 Å². The smallest absolute Gasteiger partial charge is 0.225 e. The maximum Gasteiger partial charge on any atom is 0.225 e. The van der Waals surface area contributed by atoms with Crippen molar-refractivity contribution in [3.8, 4) is 0 Å². The van der Waals surface area contributed by atoms with E-state index in [2.05, 4.69) is 15.6 Å². The molecular formula is C15H25ClN4OS. The highest BCUT2D eigenvalue weighted by Gasteiger charge is 2.33. The lowest BCUT2D eigenvalue weighted by molar-refractivity contribution is -0.116. The third-order valence-corrected chi connectivity index (χ3v) is 5.19. The van der Waals surface area contributed by atoms with Gasteiger partial charge in [0, 0.05) is 37.5 Å². The maximum absolute atomic E-state index is 11.8. The fraction of sp³-hybridized carbons (Fsp3) is 0.733. The van der Waals surface area contributed by atoms with E-state index in [9.17, 15) is 4.79 Å². The third-order valence-electron chi connectivity index (χ3n) is 4.30. The van der Waals surface area contributed by atoms with Crippen LogP contribution >= 0.6 is 23.7 Å². The Kier molecular flexibility index (Phi) is 6.20. The van der Waals surface area contributed by atoms with E-state index in [-0.39, 0.29) is 18.3 Å². The van der Waals surface area contributed by atoms with E-state index in [0.717, 1.165) is 43.3 Å². The molecule has 1 aromatic heterocycles. The second-order valence-corrected chi connectivity index (χ2v) is 6.94. The molecule has 0 radical (unpaired) electrons. The van der Waals surface area contributed by atoms with Gasteiger partial charge < -0.3 is 5.32 Å². The summed E-state index contributed by atoms with van der Waals surface area (Å²) in [4.78, 5) is 20.8. The Bertz CT molecular complexity index is 505. The molecule has 1 aliphatic heterocycles. The Morgan fingerprint density at radius 3 is 2.91 bits per heavy atom. The van der Waals surface area contributed by atoms with Gasteiger partial charge in [-0.3, -0.25) is 14.6 Å². The number of aromatic nitrogens is 1. The largest absolute Gasteiger partial charge is 0.316 e. The number of amides is 1. The van der Waals surface area contributed by atoms with Gasteiger partial charge in [0.15, 0.2) is 5.13 Å². The zero-order valence-electron chi connectivity index (χ0n) is 13.2. The van der Waals surface area contributed by atoms with E-state index < -0.39 is 0 Å². The molecule has 1 amide bonds. The number of piperidine rings is 1. The van der Waals surface area contributed by atoms with Gasteiger partial charge in [0.1, 0.15) is 0 Å². The summed E-state index contributed by atoms with van der Waals surface area (Å²) in [5, 5.41) is 6.35. The predicted octanol–water partition coefficient (Wildman–Crippen LogP) is 2.26. The summed E-state index contributed by atoms with van der Waals surface area (Å²) >= 11 is 1.60. The molecule has 1 aromatic rings. The molecule has 2 heterocycles. The summed E-state index contributed by atoms with van der Waals surface area (Å²) in [5.74, 6) is 0.117. The van der Waals surface area contributed by atoms with Crippen LogP contribution in [0.15, 0.2) is 5.38 Å². The first-order chi connectivity index (χ1) is 10.2. The molecule has 0 bridgehead atoms. The summed E-state index contributed by atoms with van der Waals surface area (Å²) in [6.07, 6.45) is 4.73. The van der Waals surface area contributed by atoms with Crippen LogP contribution in [0.25, 0.3) is 0 Å². The summed E-state index contributed by atoms with van der Waals surface area (Å²) in [6.45, 7) is 4.76. The van der Waals surface area contributed by atoms with Gasteiger partial charge in [-0.15, -0.1) is 23.7 Å². The van der Waals surface area contributed by atoms with Gasteiger partial charge >= 0.3 is 0 Å². The molecule has 2 fully saturated rings. The lowest BCUT2D eigenvalue weighted by Crippen LogP contribution is -2.43. The topological polar surface area (TPSA) is 48.5 Å². The molecule has 22 heavy (non-hydrogen) atoms. The first-order valence-corrected chi connectivity index (χ1v) is 8.69. The van der Waals surface area contributed by atoms with Crippen molar-refractivity contribution in [1.82, 2.24) is 15.2 Å². The van der Waals surface area contributed by atoms with E-state index in [0.29, 0.717) is 12.1 Å². The molecule has 1 N–H and O–H groups in total. The summed E-state index contributed by atoms with van der Waals surface area (Å²) in [7, 11) is 2.04. The number of carbonyl (C=O) groups excluding carboxylic acids is 1. The van der Waals surface area contributed by atoms with Crippen LogP contribution in [-0.2, 0) is 11.3 Å². The van der Waals surface area contributed by atoms with Crippen LogP contribution in [-0.4, -0.2) is 48.0 Å². The number of carbonyl (C=O) groups is 1. The van der Waals surface area contributed by atoms with Crippen molar-refractivity contribution < 1.29 is 4.79 Å². The van der Waals surface area contributed by atoms with Gasteiger partial charge in [-0.1, -0.05) is 0 Å². The summed E-state index contributed by atoms with van der Waals surface area (Å²) in [6, 6.07) is 0.988. The number of nitrogens with zero attached hydrogens (tertiary/aromatic N) is 3. The molecule has 124 valence electrons. The zero-order valence-corrected chi connectivity index (χ0v) is 14.9. The molecule has 1 saturated heterocycles. The van der Waals surface area contributed by atoms with Crippen LogP contribution < -0.4 is 10.2 Å². The predicted molar refractivity (Wildman–Crippen MR) is 92.9 cm³/mol. The van der Waals surface area contributed by atoms with Gasteiger partial charge in [0.2, 0.25) is 5.91 Å². The van der Waals surface area contributed by atoms with Crippen LogP contribution in [0.4, 0.5) is 5.13 Å². The fourth-order valence-corrected chi connectivity index (χ4v) is 3.95. The van der Waals surface area contributed by atoms with E-state index in [1.807, 2.05) is 11.9 Å². The number of nitrogens with one attached hydrogen (secondary N) is 1. The maximum atomic E-state index is 11.8. The summed E-state index contributed by atoms with van der Waals surface area (Å²) in [5.41, 5.74) is 1.10. The molecule has 0 spiro atoms. The lowest BCUT2D eigenvalue weighted by atomic mass is 10.1. The molecule has 1 unspecified atom stereocenters. The van der Waals surface area contributed by atoms with Crippen molar-refractivity contribution in [2.24, 2.45) is 0 Å². The number of halogens is 1. The molecule has 5 nitrogen and oxygen atoms in total. The number of rotatable bonds is 5. The number of hydrogen-bond acceptors (Lipinski definition) is 5. The number of likely N-dealkylation sites (N-methyl/N-ethyl adjacent to an activating group) is 1. The Balaban J connectivity index is 0.00000176. The molecule has 2 aliphatic rings. The minimum Gasteiger partial charge on any atom is -0.316 e. The van der Waals surface area contributed by atoms with Crippen LogP contribution in [0.2, 0.25) is 0 Å². The van der Waals surface area contributed by atoms with Crippen molar-refractivity contribution in [2.75, 3.05) is 25.0 Å². The minimum absolute atomic E-state index is 0. The Morgan fingerprint density at radius 1 is 1.50 bits per heavy atom. The lowest BCUT2D eigenvalue weighted by Gasteiger charge is -2.31. The number of likely N-dealkylation sites (tertiary alicyclic amines) is 1. The molecule has 3 rings (SSSR count). The Hall–Kier alpha value is -0.690. The van der Waals surface area contributed by atoms with Crippen molar-refractivity contribution in [1.29, 1.82) is 0 Å². The minimum atomic E-state index is 0. The van der Waals surface area contributed by atoms with Gasteiger partial charge in [-0.2, -0.15) is 0 Å². The first kappa shape index (κ1) is 17.7. The second kappa shape index (κ2) is 7.73. The Labute approximate surface area is 142 Å². The van der Waals surface area contributed by atoms with Crippen molar-refractivity contribution in [2.45, 2.75) is 51.2 Å². The number of thiazole rings is 1. The first-order valence-electron chi connectivity index (χ1n) is 7.81. The van der Waals surface area contributed by atoms with Gasteiger partial charge in [0.05, 0.1) is 5.69 Å². The number of anilines is 1. The van der Waals surface area contributed by atoms with E-state index >= 15 is 0 Å². The molecule has 7 heteroatoms. The molecule has 1 saturated carbocycles. The molecule has 1 atom stereocenters. The second-order valence-electron chi connectivity index (χ2n) is 6.10. The molecular weight excluding hydrogens is 320 g/mol. The van der Waals surface area contributed by atoms with Gasteiger partial charge in [-0.25, -0.2) is 4.98 Å². The van der Waals surface area contributed by atoms with Crippen LogP contribution in [0.5, 0.6) is 0 Å². The van der Waals surface area contributed by atoms with Crippen molar-refractivity contribution in [3.05, 3.63) is 11.1 Å². The Morgan fingerprint density at radius 2 is 2.27 bits per heavy atom. The van der Waals surface area contributed by atoms with E-state index in [4.69, 9.17) is 4.98 Å². The SMILES string of the molecule is CNC1CCCN(Cc2csc(N(C(C)=O)C3CC3)n2)C1.Cl. The van der Waals surface area contributed by atoms with Crippen molar-refractivity contribution >= 4 is 34.8 Å². The van der Waals surface area contributed by atoms with Crippen molar-refractivity contribution in [3.63, 3.8) is 0 Å². The molecule has 1 aliphatic carbocycles. The number of hydrogen-bond donors (Lipinski definition) is 1. The summed E-state index contributed by atoms with van der Waals surface area (Å²) < 4.78 is 0. The van der Waals surface area contributed by atoms with E-state index in [1.54, 1.807) is 18.3 Å². The standard InChI is InChI=1S/C15H24N4OS.ClH/c1-11(20)19(14-5-6-14)15-17-13(10-21-15)9-18-7-3-4-12(8-18)16-2;/h10,12,14,16H,3-9H2,1-2H3;1H. The van der Waals surface area contributed by atoms with Crippen LogP contribution in [0.3, 0.4) is 0 Å². The average Bonchev–Trinajstić information content (AvgIpc) is 3.19. The van der Waals surface area contributed by atoms with Crippen LogP contribution in [0, 0.1) is 0 Å². The highest BCUT2D eigenvalue weighted by molar-refractivity contribution is 7.14. The highest BCUT2D eigenvalue weighted by Crippen LogP contribution is 2.33. The monoisotopic (exact) mass is 344 g/mol. The zero-order chi connectivity index (χ0) is 14.8. The third kappa shape index (κ3) is 4.19.